The SMILES string of the molecule is CC(C)(C)C1CC2CN(C1)C(C)(C)C2. The summed E-state index contributed by atoms with van der Waals surface area (Å²) < 4.78 is 0. The number of piperidine rings is 1. The Labute approximate surface area is 88.9 Å². The molecule has 2 heterocycles. The van der Waals surface area contributed by atoms with Gasteiger partial charge < -0.3 is 0 Å². The van der Waals surface area contributed by atoms with Crippen molar-refractivity contribution >= 4 is 0 Å². The Hall–Kier alpha value is -0.0400. The third-order valence-corrected chi connectivity index (χ3v) is 4.41. The highest BCUT2D eigenvalue weighted by atomic mass is 15.2. The van der Waals surface area contributed by atoms with Gasteiger partial charge in [-0.3, -0.25) is 4.90 Å². The highest BCUT2D eigenvalue weighted by molar-refractivity contribution is 4.99. The molecule has 0 radical (unpaired) electrons. The first kappa shape index (κ1) is 10.5. The highest BCUT2D eigenvalue weighted by Crippen LogP contribution is 2.45. The zero-order valence-corrected chi connectivity index (χ0v) is 10.4. The Morgan fingerprint density at radius 2 is 1.79 bits per heavy atom. The summed E-state index contributed by atoms with van der Waals surface area (Å²) in [6.45, 7) is 14.7. The van der Waals surface area contributed by atoms with E-state index in [-0.39, 0.29) is 0 Å². The number of hydrogen-bond acceptors (Lipinski definition) is 1. The van der Waals surface area contributed by atoms with Crippen LogP contribution in [-0.2, 0) is 0 Å². The molecule has 0 aromatic carbocycles. The van der Waals surface area contributed by atoms with Gasteiger partial charge in [-0.1, -0.05) is 20.8 Å². The van der Waals surface area contributed by atoms with Gasteiger partial charge in [-0.2, -0.15) is 0 Å². The summed E-state index contributed by atoms with van der Waals surface area (Å²) in [4.78, 5) is 2.72. The van der Waals surface area contributed by atoms with Crippen molar-refractivity contribution in [2.75, 3.05) is 13.1 Å². The minimum Gasteiger partial charge on any atom is -0.298 e. The van der Waals surface area contributed by atoms with E-state index < -0.39 is 0 Å². The van der Waals surface area contributed by atoms with E-state index in [1.165, 1.54) is 25.9 Å². The van der Waals surface area contributed by atoms with E-state index >= 15 is 0 Å². The molecule has 0 aromatic rings. The first-order valence-electron chi connectivity index (χ1n) is 6.04. The molecule has 2 saturated heterocycles. The van der Waals surface area contributed by atoms with Crippen LogP contribution >= 0.6 is 0 Å². The fourth-order valence-electron chi connectivity index (χ4n) is 3.31. The van der Waals surface area contributed by atoms with Crippen molar-refractivity contribution in [3.63, 3.8) is 0 Å². The Bertz CT molecular complexity index is 224. The van der Waals surface area contributed by atoms with Crippen molar-refractivity contribution in [2.24, 2.45) is 17.3 Å². The molecular weight excluding hydrogens is 170 g/mol. The lowest BCUT2D eigenvalue weighted by atomic mass is 9.74. The lowest BCUT2D eigenvalue weighted by Gasteiger charge is -2.41. The monoisotopic (exact) mass is 195 g/mol. The summed E-state index contributed by atoms with van der Waals surface area (Å²) in [5, 5.41) is 0. The quantitative estimate of drug-likeness (QED) is 0.574. The molecule has 2 rings (SSSR count). The standard InChI is InChI=1S/C13H25N/c1-12(2,3)11-6-10-7-13(4,5)14(8-10)9-11/h10-11H,6-9H2,1-5H3. The van der Waals surface area contributed by atoms with E-state index in [1.54, 1.807) is 0 Å². The Morgan fingerprint density at radius 3 is 2.29 bits per heavy atom. The molecule has 0 aromatic heterocycles. The minimum atomic E-state index is 0.477. The Morgan fingerprint density at radius 1 is 1.14 bits per heavy atom. The third kappa shape index (κ3) is 1.71. The van der Waals surface area contributed by atoms with E-state index in [0.29, 0.717) is 11.0 Å². The van der Waals surface area contributed by atoms with Crippen LogP contribution in [0.4, 0.5) is 0 Å². The first-order valence-corrected chi connectivity index (χ1v) is 6.04. The number of nitrogens with zero attached hydrogens (tertiary/aromatic N) is 1. The van der Waals surface area contributed by atoms with Crippen LogP contribution in [0.5, 0.6) is 0 Å². The van der Waals surface area contributed by atoms with Gasteiger partial charge in [0, 0.05) is 18.6 Å². The number of hydrogen-bond donors (Lipinski definition) is 0. The molecule has 82 valence electrons. The summed E-state index contributed by atoms with van der Waals surface area (Å²) in [5.74, 6) is 1.88. The van der Waals surface area contributed by atoms with Crippen LogP contribution in [0, 0.1) is 17.3 Å². The van der Waals surface area contributed by atoms with Gasteiger partial charge >= 0.3 is 0 Å². The van der Waals surface area contributed by atoms with Crippen molar-refractivity contribution in [3.8, 4) is 0 Å². The van der Waals surface area contributed by atoms with Gasteiger partial charge in [0.25, 0.3) is 0 Å². The van der Waals surface area contributed by atoms with Crippen molar-refractivity contribution < 1.29 is 0 Å². The van der Waals surface area contributed by atoms with Crippen LogP contribution in [-0.4, -0.2) is 23.5 Å². The van der Waals surface area contributed by atoms with Crippen molar-refractivity contribution in [2.45, 2.75) is 53.0 Å². The second-order valence-electron chi connectivity index (χ2n) is 7.09. The molecule has 2 fully saturated rings. The largest absolute Gasteiger partial charge is 0.298 e. The lowest BCUT2D eigenvalue weighted by molar-refractivity contribution is 0.0734. The van der Waals surface area contributed by atoms with Crippen LogP contribution in [0.15, 0.2) is 0 Å². The van der Waals surface area contributed by atoms with Gasteiger partial charge in [0.2, 0.25) is 0 Å². The van der Waals surface area contributed by atoms with E-state index in [0.717, 1.165) is 11.8 Å². The summed E-state index contributed by atoms with van der Waals surface area (Å²) in [6, 6.07) is 0. The Kier molecular flexibility index (Phi) is 2.23. The van der Waals surface area contributed by atoms with Crippen LogP contribution in [0.25, 0.3) is 0 Å². The van der Waals surface area contributed by atoms with Crippen LogP contribution in [0.3, 0.4) is 0 Å². The van der Waals surface area contributed by atoms with Crippen molar-refractivity contribution in [3.05, 3.63) is 0 Å². The van der Waals surface area contributed by atoms with Gasteiger partial charge in [-0.15, -0.1) is 0 Å². The molecule has 3 unspecified atom stereocenters. The molecule has 1 nitrogen and oxygen atoms in total. The van der Waals surface area contributed by atoms with Crippen LogP contribution in [0.2, 0.25) is 0 Å². The average molecular weight is 195 g/mol. The smallest absolute Gasteiger partial charge is 0.0156 e. The predicted octanol–water partition coefficient (Wildman–Crippen LogP) is 3.15. The van der Waals surface area contributed by atoms with Gasteiger partial charge in [-0.25, -0.2) is 0 Å². The van der Waals surface area contributed by atoms with Crippen LogP contribution < -0.4 is 0 Å². The summed E-state index contributed by atoms with van der Waals surface area (Å²) in [7, 11) is 0. The fraction of sp³-hybridized carbons (Fsp3) is 1.00. The van der Waals surface area contributed by atoms with E-state index in [4.69, 9.17) is 0 Å². The summed E-state index contributed by atoms with van der Waals surface area (Å²) in [5.41, 5.74) is 0.974. The fourth-order valence-corrected chi connectivity index (χ4v) is 3.31. The number of rotatable bonds is 0. The maximum atomic E-state index is 2.72. The molecular formula is C13H25N. The normalized spacial score (nSPS) is 41.4. The van der Waals surface area contributed by atoms with Crippen LogP contribution in [0.1, 0.15) is 47.5 Å². The molecule has 0 amide bonds. The molecule has 3 atom stereocenters. The topological polar surface area (TPSA) is 3.24 Å². The van der Waals surface area contributed by atoms with Gasteiger partial charge in [0.05, 0.1) is 0 Å². The lowest BCUT2D eigenvalue weighted by Crippen LogP contribution is -2.45. The molecule has 2 aliphatic heterocycles. The summed E-state index contributed by atoms with van der Waals surface area (Å²) >= 11 is 0. The third-order valence-electron chi connectivity index (χ3n) is 4.41. The first-order chi connectivity index (χ1) is 6.29. The maximum Gasteiger partial charge on any atom is 0.0156 e. The zero-order chi connectivity index (χ0) is 10.6. The van der Waals surface area contributed by atoms with Crippen molar-refractivity contribution in [1.29, 1.82) is 0 Å². The van der Waals surface area contributed by atoms with E-state index in [9.17, 15) is 0 Å². The molecule has 1 heteroatoms. The molecule has 0 aliphatic carbocycles. The van der Waals surface area contributed by atoms with E-state index in [1.807, 2.05) is 0 Å². The number of fused-ring (bicyclic) bond motifs is 2. The minimum absolute atomic E-state index is 0.477. The molecule has 0 spiro atoms. The molecule has 0 saturated carbocycles. The zero-order valence-electron chi connectivity index (χ0n) is 10.4. The van der Waals surface area contributed by atoms with E-state index in [2.05, 4.69) is 39.5 Å². The van der Waals surface area contributed by atoms with Gasteiger partial charge in [0.15, 0.2) is 0 Å². The molecule has 0 N–H and O–H groups in total. The second kappa shape index (κ2) is 2.98. The van der Waals surface area contributed by atoms with Gasteiger partial charge in [0.1, 0.15) is 0 Å². The highest BCUT2D eigenvalue weighted by Gasteiger charge is 2.45. The summed E-state index contributed by atoms with van der Waals surface area (Å²) in [6.07, 6.45) is 2.88. The molecule has 14 heavy (non-hydrogen) atoms. The maximum absolute atomic E-state index is 2.72. The van der Waals surface area contributed by atoms with Crippen molar-refractivity contribution in [1.82, 2.24) is 4.90 Å². The van der Waals surface area contributed by atoms with Gasteiger partial charge in [-0.05, 0) is 43.9 Å². The Balaban J connectivity index is 2.12. The molecule has 2 aliphatic rings. The predicted molar refractivity (Wildman–Crippen MR) is 61.3 cm³/mol. The second-order valence-corrected chi connectivity index (χ2v) is 7.09. The average Bonchev–Trinajstić information content (AvgIpc) is 2.19. The molecule has 2 bridgehead atoms.